The summed E-state index contributed by atoms with van der Waals surface area (Å²) < 4.78 is 5.12. The van der Waals surface area contributed by atoms with Crippen LogP contribution in [0.3, 0.4) is 0 Å². The van der Waals surface area contributed by atoms with Crippen molar-refractivity contribution in [2.24, 2.45) is 5.92 Å². The van der Waals surface area contributed by atoms with Gasteiger partial charge in [-0.2, -0.15) is 0 Å². The maximum absolute atomic E-state index is 12.6. The van der Waals surface area contributed by atoms with Gasteiger partial charge in [0.05, 0.1) is 19.1 Å². The summed E-state index contributed by atoms with van der Waals surface area (Å²) in [5, 5.41) is -0.158. The third-order valence-electron chi connectivity index (χ3n) is 3.63. The summed E-state index contributed by atoms with van der Waals surface area (Å²) in [6.07, 6.45) is 5.05. The zero-order valence-corrected chi connectivity index (χ0v) is 12.6. The second-order valence-corrected chi connectivity index (χ2v) is 6.29. The lowest BCUT2D eigenvalue weighted by Crippen LogP contribution is -2.48. The topological polar surface area (TPSA) is 71.8 Å². The highest BCUT2D eigenvalue weighted by atomic mass is 32.2. The molecule has 2 unspecified atom stereocenters. The zero-order chi connectivity index (χ0) is 14.8. The zero-order valence-electron chi connectivity index (χ0n) is 11.8. The van der Waals surface area contributed by atoms with Gasteiger partial charge in [0.2, 0.25) is 5.91 Å². The van der Waals surface area contributed by atoms with E-state index in [2.05, 4.69) is 5.48 Å². The monoisotopic (exact) mass is 310 g/mol. The molecule has 0 bridgehead atoms. The molecule has 0 spiro atoms. The summed E-state index contributed by atoms with van der Waals surface area (Å²) in [7, 11) is 0. The molecule has 1 N–H and O–H groups in total. The highest BCUT2D eigenvalue weighted by Gasteiger charge is 2.46. The summed E-state index contributed by atoms with van der Waals surface area (Å²) in [6.45, 7) is 2.19. The molecule has 0 radical (unpaired) electrons. The Kier molecular flexibility index (Phi) is 4.21. The Morgan fingerprint density at radius 3 is 2.95 bits per heavy atom. The van der Waals surface area contributed by atoms with Gasteiger partial charge in [-0.1, -0.05) is 0 Å². The van der Waals surface area contributed by atoms with Crippen molar-refractivity contribution < 1.29 is 18.8 Å². The molecule has 2 amide bonds. The lowest BCUT2D eigenvalue weighted by Gasteiger charge is -2.28. The van der Waals surface area contributed by atoms with Gasteiger partial charge in [-0.25, -0.2) is 5.48 Å². The van der Waals surface area contributed by atoms with Gasteiger partial charge in [0, 0.05) is 17.2 Å². The van der Waals surface area contributed by atoms with Crippen molar-refractivity contribution in [3.05, 3.63) is 24.2 Å². The predicted molar refractivity (Wildman–Crippen MR) is 77.0 cm³/mol. The van der Waals surface area contributed by atoms with Gasteiger partial charge in [0.1, 0.15) is 11.4 Å². The first-order valence-electron chi connectivity index (χ1n) is 7.10. The molecule has 2 atom stereocenters. The van der Waals surface area contributed by atoms with E-state index in [9.17, 15) is 9.59 Å². The Bertz CT molecular complexity index is 515. The van der Waals surface area contributed by atoms with Crippen molar-refractivity contribution in [3.8, 4) is 0 Å². The third-order valence-corrected chi connectivity index (χ3v) is 4.95. The van der Waals surface area contributed by atoms with Crippen molar-refractivity contribution in [2.45, 2.75) is 31.2 Å². The second kappa shape index (κ2) is 6.11. The molecule has 2 aliphatic rings. The Labute approximate surface area is 127 Å². The third kappa shape index (κ3) is 2.94. The van der Waals surface area contributed by atoms with Crippen LogP contribution in [0, 0.1) is 5.92 Å². The average Bonchev–Trinajstić information content (AvgIpc) is 3.02. The minimum Gasteiger partial charge on any atom is -0.472 e. The minimum absolute atomic E-state index is 0.0582. The highest BCUT2D eigenvalue weighted by Crippen LogP contribution is 2.45. The molecule has 3 rings (SSSR count). The molecule has 7 heteroatoms. The highest BCUT2D eigenvalue weighted by molar-refractivity contribution is 7.99. The van der Waals surface area contributed by atoms with E-state index in [4.69, 9.17) is 9.25 Å². The molecule has 2 fully saturated rings. The quantitative estimate of drug-likeness (QED) is 0.838. The number of furan rings is 1. The standard InChI is InChI=1S/C14H18N2O4S/c1-2-20-15-12(17)11-8-21-14(10-5-6-19-7-10)16(11)13(18)9-3-4-9/h5-7,9,11,14H,2-4,8H2,1H3,(H,15,17). The Hall–Kier alpha value is -1.47. The molecular formula is C14H18N2O4S. The van der Waals surface area contributed by atoms with Crippen LogP contribution < -0.4 is 5.48 Å². The number of hydroxylamine groups is 1. The average molecular weight is 310 g/mol. The van der Waals surface area contributed by atoms with Gasteiger partial charge in [-0.3, -0.25) is 14.4 Å². The lowest BCUT2D eigenvalue weighted by molar-refractivity contribution is -0.146. The molecule has 1 aromatic heterocycles. The fourth-order valence-corrected chi connectivity index (χ4v) is 3.82. The number of rotatable bonds is 5. The van der Waals surface area contributed by atoms with Gasteiger partial charge in [-0.15, -0.1) is 11.8 Å². The number of nitrogens with one attached hydrogen (secondary N) is 1. The van der Waals surface area contributed by atoms with Crippen LogP contribution in [0.25, 0.3) is 0 Å². The molecule has 1 aliphatic heterocycles. The number of amides is 2. The smallest absolute Gasteiger partial charge is 0.267 e. The summed E-state index contributed by atoms with van der Waals surface area (Å²) in [5.74, 6) is 0.431. The molecule has 0 aromatic carbocycles. The van der Waals surface area contributed by atoms with Crippen molar-refractivity contribution >= 4 is 23.6 Å². The van der Waals surface area contributed by atoms with Gasteiger partial charge in [-0.05, 0) is 25.8 Å². The van der Waals surface area contributed by atoms with E-state index in [-0.39, 0.29) is 23.1 Å². The van der Waals surface area contributed by atoms with Crippen molar-refractivity contribution in [2.75, 3.05) is 12.4 Å². The van der Waals surface area contributed by atoms with Crippen LogP contribution in [0.4, 0.5) is 0 Å². The maximum atomic E-state index is 12.6. The van der Waals surface area contributed by atoms with Gasteiger partial charge < -0.3 is 9.32 Å². The molecule has 114 valence electrons. The van der Waals surface area contributed by atoms with Gasteiger partial charge in [0.25, 0.3) is 5.91 Å². The van der Waals surface area contributed by atoms with Crippen LogP contribution in [0.5, 0.6) is 0 Å². The van der Waals surface area contributed by atoms with Crippen LogP contribution in [-0.2, 0) is 14.4 Å². The SMILES string of the molecule is CCONC(=O)C1CSC(c2ccoc2)N1C(=O)C1CC1. The largest absolute Gasteiger partial charge is 0.472 e. The summed E-state index contributed by atoms with van der Waals surface area (Å²) in [4.78, 5) is 31.4. The molecule has 1 aromatic rings. The van der Waals surface area contributed by atoms with Crippen LogP contribution >= 0.6 is 11.8 Å². The first-order chi connectivity index (χ1) is 10.2. The number of thioether (sulfide) groups is 1. The second-order valence-electron chi connectivity index (χ2n) is 5.18. The molecule has 6 nitrogen and oxygen atoms in total. The van der Waals surface area contributed by atoms with Gasteiger partial charge >= 0.3 is 0 Å². The van der Waals surface area contributed by atoms with Crippen molar-refractivity contribution in [3.63, 3.8) is 0 Å². The van der Waals surface area contributed by atoms with Crippen molar-refractivity contribution in [1.82, 2.24) is 10.4 Å². The number of hydrogen-bond acceptors (Lipinski definition) is 5. The molecular weight excluding hydrogens is 292 g/mol. The molecule has 1 aliphatic carbocycles. The predicted octanol–water partition coefficient (Wildman–Crippen LogP) is 1.70. The van der Waals surface area contributed by atoms with E-state index in [0.29, 0.717) is 12.4 Å². The number of nitrogens with zero attached hydrogens (tertiary/aromatic N) is 1. The lowest BCUT2D eigenvalue weighted by atomic mass is 10.2. The Balaban J connectivity index is 1.79. The molecule has 1 saturated heterocycles. The number of carbonyl (C=O) groups excluding carboxylic acids is 2. The van der Waals surface area contributed by atoms with Gasteiger partial charge in [0.15, 0.2) is 0 Å². The van der Waals surface area contributed by atoms with E-state index >= 15 is 0 Å². The molecule has 1 saturated carbocycles. The van der Waals surface area contributed by atoms with Crippen LogP contribution in [-0.4, -0.2) is 35.1 Å². The van der Waals surface area contributed by atoms with E-state index in [1.807, 2.05) is 6.07 Å². The number of hydrogen-bond donors (Lipinski definition) is 1. The normalized spacial score (nSPS) is 25.1. The Morgan fingerprint density at radius 1 is 1.52 bits per heavy atom. The minimum atomic E-state index is -0.491. The van der Waals surface area contributed by atoms with Crippen LogP contribution in [0.2, 0.25) is 0 Å². The van der Waals surface area contributed by atoms with E-state index in [1.54, 1.807) is 36.1 Å². The fourth-order valence-electron chi connectivity index (χ4n) is 2.40. The van der Waals surface area contributed by atoms with E-state index in [0.717, 1.165) is 18.4 Å². The number of carbonyl (C=O) groups is 2. The van der Waals surface area contributed by atoms with Crippen LogP contribution in [0.15, 0.2) is 23.0 Å². The molecule has 21 heavy (non-hydrogen) atoms. The Morgan fingerprint density at radius 2 is 2.33 bits per heavy atom. The fraction of sp³-hybridized carbons (Fsp3) is 0.571. The molecule has 2 heterocycles. The summed E-state index contributed by atoms with van der Waals surface area (Å²) in [5.41, 5.74) is 3.33. The van der Waals surface area contributed by atoms with Crippen molar-refractivity contribution in [1.29, 1.82) is 0 Å². The maximum Gasteiger partial charge on any atom is 0.267 e. The summed E-state index contributed by atoms with van der Waals surface area (Å²) >= 11 is 1.58. The van der Waals surface area contributed by atoms with E-state index < -0.39 is 6.04 Å². The first kappa shape index (κ1) is 14.5. The van der Waals surface area contributed by atoms with E-state index in [1.165, 1.54) is 0 Å². The first-order valence-corrected chi connectivity index (χ1v) is 8.14. The summed E-state index contributed by atoms with van der Waals surface area (Å²) in [6, 6.07) is 1.35. The van der Waals surface area contributed by atoms with Crippen LogP contribution in [0.1, 0.15) is 30.7 Å².